The number of nitrogens with one attached hydrogen (secondary N) is 1. The Hall–Kier alpha value is -0.810. The van der Waals surface area contributed by atoms with Crippen LogP contribution in [-0.2, 0) is 0 Å². The zero-order valence-corrected chi connectivity index (χ0v) is 12.3. The van der Waals surface area contributed by atoms with E-state index in [2.05, 4.69) is 15.5 Å². The number of nitrogens with zero attached hydrogens (tertiary/aromatic N) is 2. The molecule has 0 bridgehead atoms. The van der Waals surface area contributed by atoms with Crippen LogP contribution in [0.1, 0.15) is 11.8 Å². The molecule has 0 aromatic carbocycles. The number of aromatic nitrogens is 1. The molecule has 94 valence electrons. The number of hydrogen-bond donors (Lipinski definition) is 1. The second-order valence-corrected chi connectivity index (χ2v) is 5.92. The van der Waals surface area contributed by atoms with Crippen molar-refractivity contribution in [2.45, 2.75) is 6.92 Å². The van der Waals surface area contributed by atoms with Gasteiger partial charge in [0.2, 0.25) is 0 Å². The number of anilines is 1. The van der Waals surface area contributed by atoms with Gasteiger partial charge in [-0.3, -0.25) is 10.4 Å². The summed E-state index contributed by atoms with van der Waals surface area (Å²) in [4.78, 5) is 4.85. The molecule has 0 saturated carbocycles. The van der Waals surface area contributed by atoms with Gasteiger partial charge in [0.15, 0.2) is 0 Å². The summed E-state index contributed by atoms with van der Waals surface area (Å²) in [6, 6.07) is 3.73. The maximum Gasteiger partial charge on any atom is 0.0965 e. The van der Waals surface area contributed by atoms with Gasteiger partial charge in [0.1, 0.15) is 0 Å². The molecule has 0 aliphatic rings. The van der Waals surface area contributed by atoms with Crippen LogP contribution in [0.5, 0.6) is 0 Å². The van der Waals surface area contributed by atoms with Crippen molar-refractivity contribution >= 4 is 57.5 Å². The summed E-state index contributed by atoms with van der Waals surface area (Å²) in [5.74, 6) is 0. The minimum Gasteiger partial charge on any atom is -0.275 e. The van der Waals surface area contributed by atoms with Gasteiger partial charge in [0, 0.05) is 12.4 Å². The maximum atomic E-state index is 5.97. The third kappa shape index (κ3) is 3.14. The molecule has 18 heavy (non-hydrogen) atoms. The molecule has 2 heterocycles. The third-order valence-electron chi connectivity index (χ3n) is 2.12. The number of thiophene rings is 1. The highest BCUT2D eigenvalue weighted by Gasteiger charge is 2.06. The van der Waals surface area contributed by atoms with Crippen molar-refractivity contribution in [3.05, 3.63) is 43.8 Å². The average molecular weight is 321 g/mol. The summed E-state index contributed by atoms with van der Waals surface area (Å²) in [5.41, 5.74) is 4.18. The number of halogens is 3. The van der Waals surface area contributed by atoms with Crippen LogP contribution in [0.3, 0.4) is 0 Å². The van der Waals surface area contributed by atoms with E-state index >= 15 is 0 Å². The first-order chi connectivity index (χ1) is 8.58. The molecule has 0 fully saturated rings. The number of hydrazone groups is 1. The first kappa shape index (κ1) is 13.6. The van der Waals surface area contributed by atoms with Crippen LogP contribution in [0.2, 0.25) is 14.4 Å². The molecule has 0 atom stereocenters. The van der Waals surface area contributed by atoms with Crippen LogP contribution in [-0.4, -0.2) is 10.7 Å². The van der Waals surface area contributed by atoms with Gasteiger partial charge in [-0.05, 0) is 19.1 Å². The molecule has 0 unspecified atom stereocenters. The predicted octanol–water partition coefficient (Wildman–Crippen LogP) is 4.94. The van der Waals surface area contributed by atoms with E-state index in [0.717, 1.165) is 14.9 Å². The maximum absolute atomic E-state index is 5.97. The Morgan fingerprint density at radius 3 is 2.44 bits per heavy atom. The van der Waals surface area contributed by atoms with E-state index in [1.807, 2.05) is 19.1 Å². The van der Waals surface area contributed by atoms with Crippen LogP contribution < -0.4 is 5.43 Å². The van der Waals surface area contributed by atoms with Gasteiger partial charge < -0.3 is 0 Å². The lowest BCUT2D eigenvalue weighted by Crippen LogP contribution is -1.98. The minimum atomic E-state index is 0.420. The number of hydrogen-bond acceptors (Lipinski definition) is 4. The van der Waals surface area contributed by atoms with E-state index in [4.69, 9.17) is 34.8 Å². The molecule has 0 amide bonds. The van der Waals surface area contributed by atoms with E-state index in [-0.39, 0.29) is 0 Å². The van der Waals surface area contributed by atoms with Crippen molar-refractivity contribution in [3.63, 3.8) is 0 Å². The molecule has 0 radical (unpaired) electrons. The van der Waals surface area contributed by atoms with Crippen molar-refractivity contribution in [3.8, 4) is 0 Å². The summed E-state index contributed by atoms with van der Waals surface area (Å²) in [7, 11) is 0. The van der Waals surface area contributed by atoms with Crippen LogP contribution in [0, 0.1) is 0 Å². The van der Waals surface area contributed by atoms with E-state index < -0.39 is 0 Å². The van der Waals surface area contributed by atoms with E-state index in [9.17, 15) is 0 Å². The van der Waals surface area contributed by atoms with Crippen LogP contribution in [0.4, 0.5) is 5.69 Å². The average Bonchev–Trinajstić information content (AvgIpc) is 2.75. The molecule has 0 saturated heterocycles. The normalized spacial score (nSPS) is 11.7. The quantitative estimate of drug-likeness (QED) is 0.642. The SMILES string of the molecule is CC(=NNc1c(Cl)cncc1Cl)c1ccc(Cl)s1. The lowest BCUT2D eigenvalue weighted by atomic mass is 10.3. The Morgan fingerprint density at radius 2 is 1.89 bits per heavy atom. The van der Waals surface area contributed by atoms with Gasteiger partial charge in [0.25, 0.3) is 0 Å². The molecule has 2 aromatic rings. The fourth-order valence-corrected chi connectivity index (χ4v) is 2.66. The summed E-state index contributed by atoms with van der Waals surface area (Å²) in [6.45, 7) is 1.87. The van der Waals surface area contributed by atoms with Gasteiger partial charge in [-0.25, -0.2) is 0 Å². The Kier molecular flexibility index (Phi) is 4.45. The van der Waals surface area contributed by atoms with Crippen LogP contribution in [0.15, 0.2) is 29.6 Å². The Labute approximate surface area is 123 Å². The van der Waals surface area contributed by atoms with E-state index in [0.29, 0.717) is 15.7 Å². The lowest BCUT2D eigenvalue weighted by molar-refractivity contribution is 1.27. The number of rotatable bonds is 3. The molecule has 7 heteroatoms. The summed E-state index contributed by atoms with van der Waals surface area (Å²) in [5, 5.41) is 5.06. The highest BCUT2D eigenvalue weighted by Crippen LogP contribution is 2.29. The fourth-order valence-electron chi connectivity index (χ4n) is 1.22. The second kappa shape index (κ2) is 5.89. The molecular weight excluding hydrogens is 313 g/mol. The Balaban J connectivity index is 2.20. The Morgan fingerprint density at radius 1 is 1.22 bits per heavy atom. The predicted molar refractivity (Wildman–Crippen MR) is 79.4 cm³/mol. The summed E-state index contributed by atoms with van der Waals surface area (Å²) in [6.07, 6.45) is 3.01. The fraction of sp³-hybridized carbons (Fsp3) is 0.0909. The Bertz CT molecular complexity index is 575. The van der Waals surface area contributed by atoms with E-state index in [1.165, 1.54) is 23.7 Å². The number of pyridine rings is 1. The van der Waals surface area contributed by atoms with Crippen molar-refractivity contribution < 1.29 is 0 Å². The van der Waals surface area contributed by atoms with Crippen molar-refractivity contribution in [2.75, 3.05) is 5.43 Å². The lowest BCUT2D eigenvalue weighted by Gasteiger charge is -2.05. The standard InChI is InChI=1S/C11H8Cl3N3S/c1-6(9-2-3-10(14)18-9)16-17-11-7(12)4-15-5-8(11)13/h2-5H,1H3,(H,15,17). The van der Waals surface area contributed by atoms with Crippen LogP contribution >= 0.6 is 46.1 Å². The summed E-state index contributed by atoms with van der Waals surface area (Å²) < 4.78 is 0.722. The largest absolute Gasteiger partial charge is 0.275 e. The molecule has 0 spiro atoms. The zero-order chi connectivity index (χ0) is 13.1. The van der Waals surface area contributed by atoms with Crippen molar-refractivity contribution in [1.29, 1.82) is 0 Å². The third-order valence-corrected chi connectivity index (χ3v) is 4.03. The smallest absolute Gasteiger partial charge is 0.0965 e. The van der Waals surface area contributed by atoms with Crippen LogP contribution in [0.25, 0.3) is 0 Å². The zero-order valence-electron chi connectivity index (χ0n) is 9.25. The van der Waals surface area contributed by atoms with E-state index in [1.54, 1.807) is 0 Å². The van der Waals surface area contributed by atoms with Gasteiger partial charge in [-0.1, -0.05) is 34.8 Å². The minimum absolute atomic E-state index is 0.420. The highest BCUT2D eigenvalue weighted by atomic mass is 35.5. The first-order valence-electron chi connectivity index (χ1n) is 4.93. The molecule has 2 aromatic heterocycles. The highest BCUT2D eigenvalue weighted by molar-refractivity contribution is 7.18. The van der Waals surface area contributed by atoms with Gasteiger partial charge >= 0.3 is 0 Å². The molecular formula is C11H8Cl3N3S. The summed E-state index contributed by atoms with van der Waals surface area (Å²) >= 11 is 19.3. The topological polar surface area (TPSA) is 37.3 Å². The van der Waals surface area contributed by atoms with Gasteiger partial charge in [-0.15, -0.1) is 11.3 Å². The molecule has 2 rings (SSSR count). The molecule has 0 aliphatic heterocycles. The molecule has 1 N–H and O–H groups in total. The van der Waals surface area contributed by atoms with Crippen molar-refractivity contribution in [2.24, 2.45) is 5.10 Å². The molecule has 3 nitrogen and oxygen atoms in total. The first-order valence-corrected chi connectivity index (χ1v) is 6.88. The van der Waals surface area contributed by atoms with Gasteiger partial charge in [0.05, 0.1) is 30.7 Å². The second-order valence-electron chi connectivity index (χ2n) is 3.39. The van der Waals surface area contributed by atoms with Gasteiger partial charge in [-0.2, -0.15) is 5.10 Å². The van der Waals surface area contributed by atoms with Crippen molar-refractivity contribution in [1.82, 2.24) is 4.98 Å². The monoisotopic (exact) mass is 319 g/mol. The molecule has 0 aliphatic carbocycles.